The van der Waals surface area contributed by atoms with Crippen molar-refractivity contribution < 1.29 is 14.3 Å². The summed E-state index contributed by atoms with van der Waals surface area (Å²) in [5.74, 6) is -1.36. The fourth-order valence-corrected chi connectivity index (χ4v) is 13.9. The standard InChI is InChI=1S/C28H24BrFNO2P/c29-34(21-11-4-1-5-12-21,22-13-6-2-7-14-22,23-15-8-3-9-16-23)26-19-20-31(28(26)33)25-18-10-17-24(30)27(25)32/h1-18,26,32H,19-20H2. The number of para-hydroxylation sites is 1. The summed E-state index contributed by atoms with van der Waals surface area (Å²) >= 11 is 4.36. The maximum absolute atomic E-state index is 14.2. The number of carbonyl (C=O) groups excluding carboxylic acids is 1. The number of anilines is 1. The molecule has 0 bridgehead atoms. The predicted molar refractivity (Wildman–Crippen MR) is 143 cm³/mol. The second kappa shape index (κ2) is 8.65. The number of carbonyl (C=O) groups is 1. The molecule has 34 heavy (non-hydrogen) atoms. The van der Waals surface area contributed by atoms with Crippen molar-refractivity contribution in [2.75, 3.05) is 11.4 Å². The maximum atomic E-state index is 14.2. The molecule has 5 rings (SSSR count). The number of halogens is 2. The molecule has 1 heterocycles. The third kappa shape index (κ3) is 3.22. The summed E-state index contributed by atoms with van der Waals surface area (Å²) in [4.78, 5) is 15.8. The first-order valence-corrected chi connectivity index (χ1v) is 15.5. The Labute approximate surface area is 206 Å². The third-order valence-corrected chi connectivity index (χ3v) is 17.5. The van der Waals surface area contributed by atoms with Crippen LogP contribution in [0.25, 0.3) is 0 Å². The average molecular weight is 536 g/mol. The Kier molecular flexibility index (Phi) is 5.79. The summed E-state index contributed by atoms with van der Waals surface area (Å²) in [5, 5.41) is 10.0. The molecule has 0 aromatic heterocycles. The Hall–Kier alpha value is -3.01. The molecular formula is C28H24BrFNO2P. The van der Waals surface area contributed by atoms with Gasteiger partial charge >= 0.3 is 207 Å². The molecule has 0 saturated carbocycles. The van der Waals surface area contributed by atoms with Gasteiger partial charge in [-0.25, -0.2) is 0 Å². The molecule has 3 nitrogen and oxygen atoms in total. The Morgan fingerprint density at radius 3 is 1.71 bits per heavy atom. The van der Waals surface area contributed by atoms with Crippen molar-refractivity contribution >= 4 is 48.3 Å². The van der Waals surface area contributed by atoms with Crippen LogP contribution >= 0.6 is 20.8 Å². The normalized spacial score (nSPS) is 17.4. The molecule has 0 aliphatic carbocycles. The zero-order valence-electron chi connectivity index (χ0n) is 18.4. The predicted octanol–water partition coefficient (Wildman–Crippen LogP) is 5.48. The first-order valence-electron chi connectivity index (χ1n) is 11.2. The van der Waals surface area contributed by atoms with E-state index in [2.05, 4.69) is 51.9 Å². The van der Waals surface area contributed by atoms with E-state index in [1.165, 1.54) is 17.0 Å². The second-order valence-electron chi connectivity index (χ2n) is 8.48. The molecule has 1 amide bonds. The molecule has 1 saturated heterocycles. The van der Waals surface area contributed by atoms with Crippen LogP contribution in [0.2, 0.25) is 0 Å². The van der Waals surface area contributed by atoms with Gasteiger partial charge in [0.15, 0.2) is 0 Å². The molecule has 1 aliphatic rings. The molecule has 1 atom stereocenters. The number of hydrogen-bond acceptors (Lipinski definition) is 2. The van der Waals surface area contributed by atoms with Crippen molar-refractivity contribution in [3.05, 3.63) is 115 Å². The van der Waals surface area contributed by atoms with Crippen molar-refractivity contribution in [2.45, 2.75) is 12.1 Å². The van der Waals surface area contributed by atoms with Crippen molar-refractivity contribution in [1.82, 2.24) is 0 Å². The zero-order valence-corrected chi connectivity index (χ0v) is 20.9. The van der Waals surface area contributed by atoms with Crippen molar-refractivity contribution in [2.24, 2.45) is 0 Å². The summed E-state index contributed by atoms with van der Waals surface area (Å²) in [6.07, 6.45) is 0.552. The van der Waals surface area contributed by atoms with Gasteiger partial charge < -0.3 is 0 Å². The van der Waals surface area contributed by atoms with Crippen LogP contribution in [0.3, 0.4) is 0 Å². The number of hydrogen-bond donors (Lipinski definition) is 1. The molecule has 6 heteroatoms. The fourth-order valence-electron chi connectivity index (χ4n) is 5.22. The van der Waals surface area contributed by atoms with Crippen LogP contribution in [0.15, 0.2) is 109 Å². The minimum absolute atomic E-state index is 0.132. The molecule has 172 valence electrons. The molecule has 1 N–H and O–H groups in total. The van der Waals surface area contributed by atoms with Crippen LogP contribution in [0.1, 0.15) is 6.42 Å². The van der Waals surface area contributed by atoms with E-state index in [-0.39, 0.29) is 11.6 Å². The van der Waals surface area contributed by atoms with Gasteiger partial charge in [-0.15, -0.1) is 0 Å². The topological polar surface area (TPSA) is 40.5 Å². The summed E-state index contributed by atoms with van der Waals surface area (Å²) in [6.45, 7) is 0.385. The van der Waals surface area contributed by atoms with Crippen LogP contribution in [-0.4, -0.2) is 23.2 Å². The summed E-state index contributed by atoms with van der Waals surface area (Å²) < 4.78 is 14.2. The monoisotopic (exact) mass is 535 g/mol. The van der Waals surface area contributed by atoms with Gasteiger partial charge in [-0.3, -0.25) is 0 Å². The van der Waals surface area contributed by atoms with Gasteiger partial charge in [0.1, 0.15) is 0 Å². The van der Waals surface area contributed by atoms with E-state index in [9.17, 15) is 14.3 Å². The van der Waals surface area contributed by atoms with Gasteiger partial charge in [-0.1, -0.05) is 0 Å². The fraction of sp³-hybridized carbons (Fsp3) is 0.107. The number of aromatic hydroxyl groups is 1. The number of phenols is 1. The third-order valence-electron chi connectivity index (χ3n) is 6.80. The molecule has 1 fully saturated rings. The number of nitrogens with zero attached hydrogens (tertiary/aromatic N) is 1. The summed E-state index contributed by atoms with van der Waals surface area (Å²) in [6, 6.07) is 34.7. The molecule has 1 unspecified atom stereocenters. The molecule has 4 aromatic carbocycles. The first kappa shape index (κ1) is 22.8. The second-order valence-corrected chi connectivity index (χ2v) is 17.2. The van der Waals surface area contributed by atoms with Crippen LogP contribution < -0.4 is 20.8 Å². The average Bonchev–Trinajstić information content (AvgIpc) is 3.29. The Balaban J connectivity index is 1.80. The van der Waals surface area contributed by atoms with Gasteiger partial charge in [-0.05, 0) is 0 Å². The van der Waals surface area contributed by atoms with Gasteiger partial charge in [-0.2, -0.15) is 0 Å². The summed E-state index contributed by atoms with van der Waals surface area (Å²) in [7, 11) is 0. The Morgan fingerprint density at radius 2 is 1.24 bits per heavy atom. The first-order chi connectivity index (χ1) is 16.5. The number of phenolic OH excluding ortho intramolecular Hbond substituents is 1. The van der Waals surface area contributed by atoms with Crippen LogP contribution in [0.4, 0.5) is 10.1 Å². The molecule has 4 aromatic rings. The molecule has 1 aliphatic heterocycles. The van der Waals surface area contributed by atoms with E-state index in [0.29, 0.717) is 13.0 Å². The SMILES string of the molecule is O=C1C(P(Br)(c2ccccc2)(c2ccccc2)c2ccccc2)CCN1c1cccc(F)c1O. The van der Waals surface area contributed by atoms with Crippen LogP contribution in [0.5, 0.6) is 5.75 Å². The van der Waals surface area contributed by atoms with E-state index in [0.717, 1.165) is 15.9 Å². The van der Waals surface area contributed by atoms with Gasteiger partial charge in [0.25, 0.3) is 0 Å². The molecular weight excluding hydrogens is 512 g/mol. The number of rotatable bonds is 5. The minimum atomic E-state index is -3.54. The summed E-state index contributed by atoms with van der Waals surface area (Å²) in [5.41, 5.74) is -0.236. The van der Waals surface area contributed by atoms with Crippen molar-refractivity contribution in [3.63, 3.8) is 0 Å². The number of benzene rings is 4. The van der Waals surface area contributed by atoms with E-state index < -0.39 is 22.5 Å². The number of amides is 1. The van der Waals surface area contributed by atoms with Crippen molar-refractivity contribution in [3.8, 4) is 5.75 Å². The van der Waals surface area contributed by atoms with Gasteiger partial charge in [0, 0.05) is 0 Å². The Morgan fingerprint density at radius 1 is 0.765 bits per heavy atom. The van der Waals surface area contributed by atoms with Gasteiger partial charge in [0.05, 0.1) is 0 Å². The van der Waals surface area contributed by atoms with E-state index in [1.54, 1.807) is 6.07 Å². The molecule has 0 spiro atoms. The zero-order chi connectivity index (χ0) is 23.8. The van der Waals surface area contributed by atoms with E-state index >= 15 is 0 Å². The van der Waals surface area contributed by atoms with Crippen LogP contribution in [0, 0.1) is 5.82 Å². The quantitative estimate of drug-likeness (QED) is 0.344. The van der Waals surface area contributed by atoms with Crippen molar-refractivity contribution in [1.29, 1.82) is 0 Å². The van der Waals surface area contributed by atoms with E-state index in [4.69, 9.17) is 0 Å². The molecule has 0 radical (unpaired) electrons. The Bertz CT molecular complexity index is 1240. The van der Waals surface area contributed by atoms with Gasteiger partial charge in [0.2, 0.25) is 0 Å². The van der Waals surface area contributed by atoms with E-state index in [1.807, 2.05) is 54.6 Å². The van der Waals surface area contributed by atoms with Crippen LogP contribution in [-0.2, 0) is 4.79 Å².